The van der Waals surface area contributed by atoms with Gasteiger partial charge in [-0.3, -0.25) is 4.79 Å². The first-order valence-corrected chi connectivity index (χ1v) is 9.84. The molecule has 1 heterocycles. The highest BCUT2D eigenvalue weighted by Crippen LogP contribution is 2.56. The van der Waals surface area contributed by atoms with Crippen LogP contribution in [0.4, 0.5) is 0 Å². The van der Waals surface area contributed by atoms with Crippen LogP contribution in [-0.4, -0.2) is 23.4 Å². The lowest BCUT2D eigenvalue weighted by atomic mass is 9.51. The lowest BCUT2D eigenvalue weighted by Gasteiger charge is -2.61. The maximum Gasteiger partial charge on any atom is 0.225 e. The standard InChI is InChI=1S/C22H31NO/c1-21(2)19-15-17-11-7-8-12-18(17)22(21,3)13-14-23(19)20(24)16-9-5-4-6-10-16/h7-8,11-12,16,19H,4-6,9-10,13-15H2,1-3H3/t19-,22+/m1/s1. The number of hydrogen-bond acceptors (Lipinski definition) is 1. The van der Waals surface area contributed by atoms with Crippen molar-refractivity contribution in [2.45, 2.75) is 77.2 Å². The average molecular weight is 325 g/mol. The predicted molar refractivity (Wildman–Crippen MR) is 98.0 cm³/mol. The normalized spacial score (nSPS) is 32.3. The van der Waals surface area contributed by atoms with Gasteiger partial charge in [-0.1, -0.05) is 64.3 Å². The number of rotatable bonds is 1. The van der Waals surface area contributed by atoms with Crippen LogP contribution in [0.3, 0.4) is 0 Å². The predicted octanol–water partition coefficient (Wildman–Crippen LogP) is 4.71. The highest BCUT2D eigenvalue weighted by atomic mass is 16.2. The Morgan fingerprint density at radius 3 is 2.54 bits per heavy atom. The molecular weight excluding hydrogens is 294 g/mol. The monoisotopic (exact) mass is 325 g/mol. The van der Waals surface area contributed by atoms with E-state index in [1.54, 1.807) is 0 Å². The fourth-order valence-electron chi connectivity index (χ4n) is 5.72. The molecule has 0 unspecified atom stereocenters. The van der Waals surface area contributed by atoms with Crippen molar-refractivity contribution in [1.82, 2.24) is 4.90 Å². The van der Waals surface area contributed by atoms with Gasteiger partial charge in [-0.15, -0.1) is 0 Å². The molecule has 0 aromatic heterocycles. The summed E-state index contributed by atoms with van der Waals surface area (Å²) in [7, 11) is 0. The molecule has 0 spiro atoms. The van der Waals surface area contributed by atoms with Crippen LogP contribution in [-0.2, 0) is 16.6 Å². The summed E-state index contributed by atoms with van der Waals surface area (Å²) in [5.74, 6) is 0.741. The third kappa shape index (κ3) is 2.18. The van der Waals surface area contributed by atoms with Gasteiger partial charge in [0.1, 0.15) is 0 Å². The third-order valence-electron chi connectivity index (χ3n) is 7.75. The van der Waals surface area contributed by atoms with E-state index in [0.717, 1.165) is 32.2 Å². The Morgan fingerprint density at radius 1 is 1.08 bits per heavy atom. The van der Waals surface area contributed by atoms with Gasteiger partial charge in [0, 0.05) is 23.9 Å². The summed E-state index contributed by atoms with van der Waals surface area (Å²) in [6.07, 6.45) is 8.11. The molecule has 0 N–H and O–H groups in total. The first-order valence-electron chi connectivity index (χ1n) is 9.84. The number of amides is 1. The van der Waals surface area contributed by atoms with Gasteiger partial charge < -0.3 is 4.90 Å². The Morgan fingerprint density at radius 2 is 1.79 bits per heavy atom. The van der Waals surface area contributed by atoms with Crippen molar-refractivity contribution in [3.63, 3.8) is 0 Å². The second-order valence-corrected chi connectivity index (χ2v) is 9.05. The topological polar surface area (TPSA) is 20.3 Å². The van der Waals surface area contributed by atoms with Crippen LogP contribution in [0.2, 0.25) is 0 Å². The molecule has 1 saturated heterocycles. The number of carbonyl (C=O) groups is 1. The quantitative estimate of drug-likeness (QED) is 0.732. The number of likely N-dealkylation sites (tertiary alicyclic amines) is 1. The Labute approximate surface area is 146 Å². The van der Waals surface area contributed by atoms with E-state index in [1.165, 1.54) is 30.4 Å². The van der Waals surface area contributed by atoms with E-state index < -0.39 is 0 Å². The van der Waals surface area contributed by atoms with Gasteiger partial charge in [0.05, 0.1) is 0 Å². The molecule has 1 aliphatic heterocycles. The van der Waals surface area contributed by atoms with Crippen LogP contribution in [0.25, 0.3) is 0 Å². The van der Waals surface area contributed by atoms with Crippen molar-refractivity contribution in [1.29, 1.82) is 0 Å². The zero-order chi connectivity index (χ0) is 16.9. The summed E-state index contributed by atoms with van der Waals surface area (Å²) in [5, 5.41) is 0. The van der Waals surface area contributed by atoms with Crippen molar-refractivity contribution in [2.24, 2.45) is 11.3 Å². The van der Waals surface area contributed by atoms with Gasteiger partial charge in [-0.25, -0.2) is 0 Å². The minimum absolute atomic E-state index is 0.129. The van der Waals surface area contributed by atoms with Crippen molar-refractivity contribution >= 4 is 5.91 Å². The molecule has 2 nitrogen and oxygen atoms in total. The summed E-state index contributed by atoms with van der Waals surface area (Å²) in [4.78, 5) is 15.6. The van der Waals surface area contributed by atoms with Gasteiger partial charge in [0.15, 0.2) is 0 Å². The molecule has 2 fully saturated rings. The lowest BCUT2D eigenvalue weighted by Crippen LogP contribution is -2.65. The first-order chi connectivity index (χ1) is 11.4. The van der Waals surface area contributed by atoms with Crippen molar-refractivity contribution in [3.8, 4) is 0 Å². The number of nitrogens with zero attached hydrogens (tertiary/aromatic N) is 1. The van der Waals surface area contributed by atoms with E-state index in [9.17, 15) is 4.79 Å². The van der Waals surface area contributed by atoms with E-state index in [0.29, 0.717) is 11.9 Å². The van der Waals surface area contributed by atoms with Crippen LogP contribution >= 0.6 is 0 Å². The molecule has 2 heteroatoms. The molecule has 1 aromatic rings. The highest BCUT2D eigenvalue weighted by molar-refractivity contribution is 5.80. The molecule has 2 aliphatic carbocycles. The minimum atomic E-state index is 0.129. The number of fused-ring (bicyclic) bond motifs is 4. The molecule has 24 heavy (non-hydrogen) atoms. The SMILES string of the molecule is CC1(C)[C@H]2Cc3ccccc3[C@]1(C)CCN2C(=O)C1CCCCC1. The zero-order valence-corrected chi connectivity index (χ0v) is 15.5. The highest BCUT2D eigenvalue weighted by Gasteiger charge is 2.56. The van der Waals surface area contributed by atoms with E-state index in [-0.39, 0.29) is 16.7 Å². The maximum absolute atomic E-state index is 13.3. The second kappa shape index (κ2) is 5.61. The number of benzene rings is 1. The summed E-state index contributed by atoms with van der Waals surface area (Å²) >= 11 is 0. The fourth-order valence-corrected chi connectivity index (χ4v) is 5.72. The third-order valence-corrected chi connectivity index (χ3v) is 7.75. The Balaban J connectivity index is 1.69. The van der Waals surface area contributed by atoms with Crippen LogP contribution < -0.4 is 0 Å². The van der Waals surface area contributed by atoms with Gasteiger partial charge in [-0.05, 0) is 42.2 Å². The van der Waals surface area contributed by atoms with E-state index in [2.05, 4.69) is 49.9 Å². The first kappa shape index (κ1) is 16.2. The Hall–Kier alpha value is -1.31. The van der Waals surface area contributed by atoms with Crippen LogP contribution in [0.5, 0.6) is 0 Å². The largest absolute Gasteiger partial charge is 0.339 e. The number of piperidine rings is 1. The molecule has 1 aromatic carbocycles. The summed E-state index contributed by atoms with van der Waals surface area (Å²) in [5.41, 5.74) is 3.29. The van der Waals surface area contributed by atoms with E-state index in [4.69, 9.17) is 0 Å². The summed E-state index contributed by atoms with van der Waals surface area (Å²) in [6.45, 7) is 8.16. The van der Waals surface area contributed by atoms with Gasteiger partial charge in [-0.2, -0.15) is 0 Å². The summed E-state index contributed by atoms with van der Waals surface area (Å²) in [6, 6.07) is 9.29. The van der Waals surface area contributed by atoms with Gasteiger partial charge >= 0.3 is 0 Å². The molecule has 1 saturated carbocycles. The number of hydrogen-bond donors (Lipinski definition) is 0. The molecule has 130 valence electrons. The molecule has 3 aliphatic rings. The fraction of sp³-hybridized carbons (Fsp3) is 0.682. The van der Waals surface area contributed by atoms with Crippen molar-refractivity contribution in [3.05, 3.63) is 35.4 Å². The second-order valence-electron chi connectivity index (χ2n) is 9.05. The smallest absolute Gasteiger partial charge is 0.225 e. The minimum Gasteiger partial charge on any atom is -0.339 e. The zero-order valence-electron chi connectivity index (χ0n) is 15.5. The van der Waals surface area contributed by atoms with E-state index in [1.807, 2.05) is 0 Å². The molecule has 2 bridgehead atoms. The molecule has 2 atom stereocenters. The molecule has 0 radical (unpaired) electrons. The van der Waals surface area contributed by atoms with Crippen LogP contribution in [0.1, 0.15) is 70.4 Å². The Bertz CT molecular complexity index is 643. The summed E-state index contributed by atoms with van der Waals surface area (Å²) < 4.78 is 0. The Kier molecular flexibility index (Phi) is 3.78. The van der Waals surface area contributed by atoms with E-state index >= 15 is 0 Å². The molecule has 1 amide bonds. The lowest BCUT2D eigenvalue weighted by molar-refractivity contribution is -0.149. The molecule has 4 rings (SSSR count). The van der Waals surface area contributed by atoms with Gasteiger partial charge in [0.2, 0.25) is 5.91 Å². The molecular formula is C22H31NO. The van der Waals surface area contributed by atoms with Crippen molar-refractivity contribution < 1.29 is 4.79 Å². The van der Waals surface area contributed by atoms with Crippen LogP contribution in [0.15, 0.2) is 24.3 Å². The maximum atomic E-state index is 13.3. The van der Waals surface area contributed by atoms with Crippen LogP contribution in [0, 0.1) is 11.3 Å². The number of carbonyl (C=O) groups excluding carboxylic acids is 1. The average Bonchev–Trinajstić information content (AvgIpc) is 2.58. The van der Waals surface area contributed by atoms with Gasteiger partial charge in [0.25, 0.3) is 0 Å². The van der Waals surface area contributed by atoms with Crippen molar-refractivity contribution in [2.75, 3.05) is 6.54 Å².